The molecule has 0 radical (unpaired) electrons. The first kappa shape index (κ1) is 18.3. The van der Waals surface area contributed by atoms with Crippen LogP contribution in [-0.4, -0.2) is 43.8 Å². The highest BCUT2D eigenvalue weighted by Crippen LogP contribution is 2.25. The van der Waals surface area contributed by atoms with E-state index in [2.05, 4.69) is 10.3 Å². The molecule has 3 rings (SSSR count). The molecule has 1 saturated heterocycles. The molecule has 1 atom stereocenters. The van der Waals surface area contributed by atoms with Crippen molar-refractivity contribution < 1.29 is 17.9 Å². The van der Waals surface area contributed by atoms with Gasteiger partial charge >= 0.3 is 0 Å². The number of nitrogens with zero attached hydrogens (tertiary/aromatic N) is 2. The van der Waals surface area contributed by atoms with Crippen LogP contribution in [0.1, 0.15) is 12.8 Å². The minimum atomic E-state index is -3.64. The molecule has 1 aliphatic heterocycles. The zero-order chi connectivity index (χ0) is 18.6. The number of ether oxygens (including phenoxy) is 1. The monoisotopic (exact) mass is 375 g/mol. The van der Waals surface area contributed by atoms with Gasteiger partial charge in [0.1, 0.15) is 10.6 Å². The lowest BCUT2D eigenvalue weighted by atomic mass is 9.98. The zero-order valence-corrected chi connectivity index (χ0v) is 15.3. The van der Waals surface area contributed by atoms with Crippen molar-refractivity contribution in [3.63, 3.8) is 0 Å². The normalized spacial score (nSPS) is 18.3. The first-order valence-electron chi connectivity index (χ1n) is 8.36. The number of nitrogens with one attached hydrogen (secondary N) is 1. The highest BCUT2D eigenvalue weighted by molar-refractivity contribution is 7.89. The highest BCUT2D eigenvalue weighted by atomic mass is 32.2. The van der Waals surface area contributed by atoms with Crippen molar-refractivity contribution in [3.8, 4) is 5.75 Å². The summed E-state index contributed by atoms with van der Waals surface area (Å²) in [5, 5.41) is 2.85. The molecule has 8 heteroatoms. The predicted molar refractivity (Wildman–Crippen MR) is 97.3 cm³/mol. The number of hydrogen-bond acceptors (Lipinski definition) is 5. The number of sulfonamides is 1. The van der Waals surface area contributed by atoms with Crippen molar-refractivity contribution in [3.05, 3.63) is 48.8 Å². The summed E-state index contributed by atoms with van der Waals surface area (Å²) < 4.78 is 32.0. The van der Waals surface area contributed by atoms with Gasteiger partial charge in [0, 0.05) is 37.2 Å². The summed E-state index contributed by atoms with van der Waals surface area (Å²) in [6.07, 6.45) is 4.14. The van der Waals surface area contributed by atoms with Crippen LogP contribution in [0.3, 0.4) is 0 Å². The molecule has 1 aromatic heterocycles. The number of anilines is 1. The van der Waals surface area contributed by atoms with Crippen LogP contribution in [0.4, 0.5) is 5.69 Å². The van der Waals surface area contributed by atoms with Crippen molar-refractivity contribution in [1.82, 2.24) is 9.29 Å². The Kier molecular flexibility index (Phi) is 5.53. The molecule has 2 aromatic rings. The van der Waals surface area contributed by atoms with Crippen molar-refractivity contribution in [2.24, 2.45) is 5.92 Å². The third kappa shape index (κ3) is 4.03. The SMILES string of the molecule is COc1cccc(NC(=O)C2CCCN(S(=O)(=O)c3cccnc3)C2)c1. The lowest BCUT2D eigenvalue weighted by Gasteiger charge is -2.31. The van der Waals surface area contributed by atoms with E-state index in [0.29, 0.717) is 30.8 Å². The third-order valence-electron chi connectivity index (χ3n) is 4.36. The summed E-state index contributed by atoms with van der Waals surface area (Å²) in [6, 6.07) is 10.2. The molecule has 7 nitrogen and oxygen atoms in total. The molecule has 0 spiro atoms. The molecule has 0 aliphatic carbocycles. The third-order valence-corrected chi connectivity index (χ3v) is 6.21. The molecule has 1 fully saturated rings. The van der Waals surface area contributed by atoms with E-state index in [1.54, 1.807) is 37.4 Å². The predicted octanol–water partition coefficient (Wildman–Crippen LogP) is 2.13. The number of rotatable bonds is 5. The number of methoxy groups -OCH3 is 1. The average molecular weight is 375 g/mol. The fourth-order valence-electron chi connectivity index (χ4n) is 2.97. The topological polar surface area (TPSA) is 88.6 Å². The van der Waals surface area contributed by atoms with Gasteiger partial charge in [-0.25, -0.2) is 8.42 Å². The van der Waals surface area contributed by atoms with Crippen LogP contribution < -0.4 is 10.1 Å². The van der Waals surface area contributed by atoms with Gasteiger partial charge in [0.25, 0.3) is 0 Å². The van der Waals surface area contributed by atoms with E-state index in [4.69, 9.17) is 4.74 Å². The second-order valence-corrected chi connectivity index (χ2v) is 8.05. The van der Waals surface area contributed by atoms with Gasteiger partial charge in [-0.2, -0.15) is 4.31 Å². The van der Waals surface area contributed by atoms with E-state index in [9.17, 15) is 13.2 Å². The minimum absolute atomic E-state index is 0.147. The number of amides is 1. The maximum atomic E-state index is 12.7. The van der Waals surface area contributed by atoms with Crippen LogP contribution in [0.15, 0.2) is 53.7 Å². The van der Waals surface area contributed by atoms with Crippen molar-refractivity contribution in [1.29, 1.82) is 0 Å². The van der Waals surface area contributed by atoms with Crippen LogP contribution in [-0.2, 0) is 14.8 Å². The molecule has 1 aromatic carbocycles. The van der Waals surface area contributed by atoms with E-state index in [1.807, 2.05) is 0 Å². The number of hydrogen-bond donors (Lipinski definition) is 1. The Bertz CT molecular complexity index is 871. The summed E-state index contributed by atoms with van der Waals surface area (Å²) in [7, 11) is -2.08. The molecule has 26 heavy (non-hydrogen) atoms. The van der Waals surface area contributed by atoms with E-state index < -0.39 is 15.9 Å². The van der Waals surface area contributed by atoms with Gasteiger partial charge in [0.05, 0.1) is 13.0 Å². The number of piperidine rings is 1. The van der Waals surface area contributed by atoms with Gasteiger partial charge < -0.3 is 10.1 Å². The number of pyridine rings is 1. The minimum Gasteiger partial charge on any atom is -0.497 e. The van der Waals surface area contributed by atoms with Crippen LogP contribution in [0, 0.1) is 5.92 Å². The molecule has 0 bridgehead atoms. The molecular weight excluding hydrogens is 354 g/mol. The van der Waals surface area contributed by atoms with Gasteiger partial charge in [-0.3, -0.25) is 9.78 Å². The van der Waals surface area contributed by atoms with Gasteiger partial charge in [-0.1, -0.05) is 6.07 Å². The molecular formula is C18H21N3O4S. The standard InChI is InChI=1S/C18H21N3O4S/c1-25-16-7-2-6-15(11-16)20-18(22)14-5-4-10-21(13-14)26(23,24)17-8-3-9-19-12-17/h2-3,6-9,11-12,14H,4-5,10,13H2,1H3,(H,20,22). The largest absolute Gasteiger partial charge is 0.497 e. The first-order valence-corrected chi connectivity index (χ1v) is 9.80. The molecule has 1 unspecified atom stereocenters. The summed E-state index contributed by atoms with van der Waals surface area (Å²) >= 11 is 0. The maximum Gasteiger partial charge on any atom is 0.244 e. The molecule has 1 aliphatic rings. The number of aromatic nitrogens is 1. The Morgan fingerprint density at radius 1 is 1.31 bits per heavy atom. The molecule has 0 saturated carbocycles. The Balaban J connectivity index is 1.71. The average Bonchev–Trinajstić information content (AvgIpc) is 2.69. The van der Waals surface area contributed by atoms with E-state index in [0.717, 1.165) is 0 Å². The smallest absolute Gasteiger partial charge is 0.244 e. The van der Waals surface area contributed by atoms with Gasteiger partial charge in [0.2, 0.25) is 15.9 Å². The van der Waals surface area contributed by atoms with E-state index in [-0.39, 0.29) is 17.3 Å². The number of carbonyl (C=O) groups excluding carboxylic acids is 1. The van der Waals surface area contributed by atoms with Crippen LogP contribution in [0.25, 0.3) is 0 Å². The fourth-order valence-corrected chi connectivity index (χ4v) is 4.46. The lowest BCUT2D eigenvalue weighted by Crippen LogP contribution is -2.43. The molecule has 1 N–H and O–H groups in total. The summed E-state index contributed by atoms with van der Waals surface area (Å²) in [4.78, 5) is 16.6. The summed E-state index contributed by atoms with van der Waals surface area (Å²) in [6.45, 7) is 0.563. The quantitative estimate of drug-likeness (QED) is 0.865. The van der Waals surface area contributed by atoms with Gasteiger partial charge in [-0.15, -0.1) is 0 Å². The number of carbonyl (C=O) groups is 1. The zero-order valence-electron chi connectivity index (χ0n) is 14.5. The highest BCUT2D eigenvalue weighted by Gasteiger charge is 2.33. The van der Waals surface area contributed by atoms with E-state index in [1.165, 1.54) is 22.8 Å². The summed E-state index contributed by atoms with van der Waals surface area (Å²) in [5.74, 6) is 0.0537. The number of benzene rings is 1. The van der Waals surface area contributed by atoms with E-state index >= 15 is 0 Å². The van der Waals surface area contributed by atoms with Crippen LogP contribution >= 0.6 is 0 Å². The Hall–Kier alpha value is -2.45. The van der Waals surface area contributed by atoms with Crippen molar-refractivity contribution in [2.75, 3.05) is 25.5 Å². The Morgan fingerprint density at radius 2 is 2.15 bits per heavy atom. The Labute approximate surface area is 153 Å². The maximum absolute atomic E-state index is 12.7. The van der Waals surface area contributed by atoms with Crippen molar-refractivity contribution in [2.45, 2.75) is 17.7 Å². The lowest BCUT2D eigenvalue weighted by molar-refractivity contribution is -0.120. The molecule has 138 valence electrons. The second-order valence-electron chi connectivity index (χ2n) is 6.11. The fraction of sp³-hybridized carbons (Fsp3) is 0.333. The Morgan fingerprint density at radius 3 is 2.88 bits per heavy atom. The molecule has 2 heterocycles. The van der Waals surface area contributed by atoms with Gasteiger partial charge in [-0.05, 0) is 37.1 Å². The summed E-state index contributed by atoms with van der Waals surface area (Å²) in [5.41, 5.74) is 0.626. The van der Waals surface area contributed by atoms with Gasteiger partial charge in [0.15, 0.2) is 0 Å². The molecule has 1 amide bonds. The second kappa shape index (κ2) is 7.84. The first-order chi connectivity index (χ1) is 12.5. The van der Waals surface area contributed by atoms with Crippen LogP contribution in [0.5, 0.6) is 5.75 Å². The van der Waals surface area contributed by atoms with Crippen LogP contribution in [0.2, 0.25) is 0 Å². The van der Waals surface area contributed by atoms with Crippen molar-refractivity contribution >= 4 is 21.6 Å².